The van der Waals surface area contributed by atoms with Gasteiger partial charge in [-0.05, 0) is 43.3 Å². The molecule has 24 heavy (non-hydrogen) atoms. The van der Waals surface area contributed by atoms with Gasteiger partial charge in [-0.2, -0.15) is 5.10 Å². The summed E-state index contributed by atoms with van der Waals surface area (Å²) in [7, 11) is 0. The van der Waals surface area contributed by atoms with Crippen LogP contribution >= 0.6 is 0 Å². The molecule has 0 bridgehead atoms. The van der Waals surface area contributed by atoms with Crippen LogP contribution in [0.15, 0.2) is 52.2 Å². The number of nitrogens with zero attached hydrogens (tertiary/aromatic N) is 1. The lowest BCUT2D eigenvalue weighted by Gasteiger charge is -2.06. The molecule has 0 aliphatic carbocycles. The molecule has 2 amide bonds. The molecule has 0 aliphatic rings. The summed E-state index contributed by atoms with van der Waals surface area (Å²) in [5, 5.41) is 6.46. The molecule has 2 rings (SSSR count). The Balaban J connectivity index is 1.69. The summed E-state index contributed by atoms with van der Waals surface area (Å²) in [6, 6.07) is 10.5. The van der Waals surface area contributed by atoms with Crippen LogP contribution in [0, 0.1) is 0 Å². The number of hydrogen-bond acceptors (Lipinski definition) is 5. The van der Waals surface area contributed by atoms with E-state index in [2.05, 4.69) is 15.8 Å². The first-order valence-electron chi connectivity index (χ1n) is 7.55. The second kappa shape index (κ2) is 9.14. The van der Waals surface area contributed by atoms with Gasteiger partial charge in [0.25, 0.3) is 0 Å². The molecule has 0 unspecified atom stereocenters. The maximum absolute atomic E-state index is 11.8. The topological polar surface area (TPSA) is 92.9 Å². The molecule has 126 valence electrons. The summed E-state index contributed by atoms with van der Waals surface area (Å²) in [5.74, 6) is 0.678. The van der Waals surface area contributed by atoms with Crippen molar-refractivity contribution in [2.75, 3.05) is 11.9 Å². The molecule has 1 heterocycles. The van der Waals surface area contributed by atoms with Crippen LogP contribution in [-0.4, -0.2) is 24.6 Å². The van der Waals surface area contributed by atoms with Crippen molar-refractivity contribution < 1.29 is 18.7 Å². The van der Waals surface area contributed by atoms with E-state index in [1.165, 1.54) is 12.5 Å². The highest BCUT2D eigenvalue weighted by Crippen LogP contribution is 2.15. The number of ether oxygens (including phenoxy) is 1. The molecule has 0 aliphatic heterocycles. The molecule has 1 aromatic heterocycles. The van der Waals surface area contributed by atoms with Gasteiger partial charge in [-0.1, -0.05) is 0 Å². The van der Waals surface area contributed by atoms with Gasteiger partial charge in [-0.15, -0.1) is 0 Å². The number of carbonyl (C=O) groups excluding carboxylic acids is 2. The smallest absolute Gasteiger partial charge is 0.240 e. The predicted molar refractivity (Wildman–Crippen MR) is 89.9 cm³/mol. The number of hydrogen-bond donors (Lipinski definition) is 2. The molecule has 0 spiro atoms. The maximum Gasteiger partial charge on any atom is 0.240 e. The first-order chi connectivity index (χ1) is 11.7. The van der Waals surface area contributed by atoms with E-state index in [0.29, 0.717) is 18.1 Å². The van der Waals surface area contributed by atoms with E-state index in [0.717, 1.165) is 5.75 Å². The van der Waals surface area contributed by atoms with Crippen LogP contribution in [0.5, 0.6) is 5.75 Å². The summed E-state index contributed by atoms with van der Waals surface area (Å²) in [6.07, 6.45) is 3.00. The Morgan fingerprint density at radius 1 is 1.17 bits per heavy atom. The van der Waals surface area contributed by atoms with E-state index < -0.39 is 0 Å². The molecule has 7 heteroatoms. The standard InChI is InChI=1S/C17H19N3O4/c1-2-23-14-7-5-13(6-8-14)19-16(21)9-10-17(22)20-18-12-15-4-3-11-24-15/h3-8,11-12H,2,9-10H2,1H3,(H,19,21)(H,20,22). The minimum Gasteiger partial charge on any atom is -0.494 e. The van der Waals surface area contributed by atoms with Crippen molar-refractivity contribution in [3.05, 3.63) is 48.4 Å². The van der Waals surface area contributed by atoms with Gasteiger partial charge in [-0.3, -0.25) is 9.59 Å². The second-order valence-corrected chi connectivity index (χ2v) is 4.81. The summed E-state index contributed by atoms with van der Waals surface area (Å²) < 4.78 is 10.4. The van der Waals surface area contributed by atoms with Gasteiger partial charge < -0.3 is 14.5 Å². The lowest BCUT2D eigenvalue weighted by molar-refractivity contribution is -0.124. The second-order valence-electron chi connectivity index (χ2n) is 4.81. The van der Waals surface area contributed by atoms with Crippen LogP contribution in [0.4, 0.5) is 5.69 Å². The minimum absolute atomic E-state index is 0.0400. The molecule has 2 N–H and O–H groups in total. The number of furan rings is 1. The Morgan fingerprint density at radius 3 is 2.58 bits per heavy atom. The van der Waals surface area contributed by atoms with E-state index in [1.807, 2.05) is 6.92 Å². The van der Waals surface area contributed by atoms with Crippen molar-refractivity contribution >= 4 is 23.7 Å². The first kappa shape index (κ1) is 17.3. The molecule has 0 radical (unpaired) electrons. The first-order valence-corrected chi connectivity index (χ1v) is 7.55. The Kier molecular flexibility index (Phi) is 6.58. The van der Waals surface area contributed by atoms with Gasteiger partial charge >= 0.3 is 0 Å². The van der Waals surface area contributed by atoms with Gasteiger partial charge in [0.1, 0.15) is 11.5 Å². The number of benzene rings is 1. The molecular weight excluding hydrogens is 310 g/mol. The monoisotopic (exact) mass is 329 g/mol. The third-order valence-electron chi connectivity index (χ3n) is 2.95. The van der Waals surface area contributed by atoms with E-state index in [1.54, 1.807) is 36.4 Å². The highest BCUT2D eigenvalue weighted by Gasteiger charge is 2.07. The van der Waals surface area contributed by atoms with Crippen molar-refractivity contribution in [1.82, 2.24) is 5.43 Å². The summed E-state index contributed by atoms with van der Waals surface area (Å²) in [5.41, 5.74) is 2.99. The lowest BCUT2D eigenvalue weighted by atomic mass is 10.2. The van der Waals surface area contributed by atoms with Crippen molar-refractivity contribution in [2.45, 2.75) is 19.8 Å². The summed E-state index contributed by atoms with van der Waals surface area (Å²) in [4.78, 5) is 23.4. The normalized spacial score (nSPS) is 10.5. The third kappa shape index (κ3) is 5.96. The molecule has 1 aromatic carbocycles. The zero-order valence-corrected chi connectivity index (χ0v) is 13.3. The van der Waals surface area contributed by atoms with Gasteiger partial charge in [0.15, 0.2) is 0 Å². The number of nitrogens with one attached hydrogen (secondary N) is 2. The van der Waals surface area contributed by atoms with Crippen LogP contribution in [0.25, 0.3) is 0 Å². The van der Waals surface area contributed by atoms with Crippen LogP contribution in [-0.2, 0) is 9.59 Å². The van der Waals surface area contributed by atoms with Crippen LogP contribution in [0.1, 0.15) is 25.5 Å². The average Bonchev–Trinajstić information content (AvgIpc) is 3.08. The lowest BCUT2D eigenvalue weighted by Crippen LogP contribution is -2.20. The van der Waals surface area contributed by atoms with Gasteiger partial charge in [0, 0.05) is 18.5 Å². The Bertz CT molecular complexity index is 678. The summed E-state index contributed by atoms with van der Waals surface area (Å²) >= 11 is 0. The van der Waals surface area contributed by atoms with Gasteiger partial charge in [0.2, 0.25) is 11.8 Å². The zero-order chi connectivity index (χ0) is 17.2. The Hall–Kier alpha value is -3.09. The van der Waals surface area contributed by atoms with Crippen LogP contribution in [0.3, 0.4) is 0 Å². The van der Waals surface area contributed by atoms with Crippen molar-refractivity contribution in [1.29, 1.82) is 0 Å². The largest absolute Gasteiger partial charge is 0.494 e. The SMILES string of the molecule is CCOc1ccc(NC(=O)CCC(=O)NN=Cc2ccco2)cc1. The van der Waals surface area contributed by atoms with Gasteiger partial charge in [0.05, 0.1) is 19.1 Å². The fourth-order valence-electron chi connectivity index (χ4n) is 1.84. The molecule has 0 atom stereocenters. The van der Waals surface area contributed by atoms with E-state index >= 15 is 0 Å². The molecule has 0 saturated heterocycles. The molecule has 7 nitrogen and oxygen atoms in total. The molecule has 2 aromatic rings. The maximum atomic E-state index is 11.8. The van der Waals surface area contributed by atoms with Crippen molar-refractivity contribution in [3.8, 4) is 5.75 Å². The fraction of sp³-hybridized carbons (Fsp3) is 0.235. The zero-order valence-electron chi connectivity index (χ0n) is 13.3. The number of carbonyl (C=O) groups is 2. The molecule has 0 fully saturated rings. The number of hydrazone groups is 1. The highest BCUT2D eigenvalue weighted by molar-refractivity contribution is 5.93. The van der Waals surface area contributed by atoms with Gasteiger partial charge in [-0.25, -0.2) is 5.43 Å². The van der Waals surface area contributed by atoms with Crippen molar-refractivity contribution in [3.63, 3.8) is 0 Å². The quantitative estimate of drug-likeness (QED) is 0.575. The number of anilines is 1. The van der Waals surface area contributed by atoms with E-state index in [4.69, 9.17) is 9.15 Å². The number of rotatable bonds is 8. The Morgan fingerprint density at radius 2 is 1.92 bits per heavy atom. The average molecular weight is 329 g/mol. The van der Waals surface area contributed by atoms with Crippen LogP contribution in [0.2, 0.25) is 0 Å². The summed E-state index contributed by atoms with van der Waals surface area (Å²) in [6.45, 7) is 2.49. The minimum atomic E-state index is -0.348. The van der Waals surface area contributed by atoms with Crippen LogP contribution < -0.4 is 15.5 Å². The Labute approximate surface area is 139 Å². The van der Waals surface area contributed by atoms with E-state index in [9.17, 15) is 9.59 Å². The van der Waals surface area contributed by atoms with E-state index in [-0.39, 0.29) is 24.7 Å². The van der Waals surface area contributed by atoms with Crippen molar-refractivity contribution in [2.24, 2.45) is 5.10 Å². The number of amides is 2. The highest BCUT2D eigenvalue weighted by atomic mass is 16.5. The predicted octanol–water partition coefficient (Wildman–Crippen LogP) is 2.55. The molecule has 0 saturated carbocycles. The molecular formula is C17H19N3O4. The fourth-order valence-corrected chi connectivity index (χ4v) is 1.84. The third-order valence-corrected chi connectivity index (χ3v) is 2.95.